The molecule has 0 aliphatic heterocycles. The number of non-ortho nitro benzene ring substituents is 1. The molecule has 0 spiro atoms. The number of nitrogens with one attached hydrogen (secondary N) is 1. The molecule has 0 radical (unpaired) electrons. The van der Waals surface area contributed by atoms with E-state index in [9.17, 15) is 19.7 Å². The summed E-state index contributed by atoms with van der Waals surface area (Å²) in [5.41, 5.74) is -0.0706. The zero-order valence-electron chi connectivity index (χ0n) is 15.4. The third-order valence-electron chi connectivity index (χ3n) is 3.52. The van der Waals surface area contributed by atoms with Crippen molar-refractivity contribution in [3.05, 3.63) is 55.5 Å². The van der Waals surface area contributed by atoms with E-state index in [1.165, 1.54) is 31.4 Å². The van der Waals surface area contributed by atoms with Crippen LogP contribution in [0.2, 0.25) is 5.02 Å². The fraction of sp³-hybridized carbons (Fsp3) is 0.222. The van der Waals surface area contributed by atoms with Crippen LogP contribution in [0, 0.1) is 10.1 Å². The lowest BCUT2D eigenvalue weighted by molar-refractivity contribution is -0.384. The first-order valence-electron chi connectivity index (χ1n) is 8.18. The molecule has 2 aromatic carbocycles. The Labute approximate surface area is 179 Å². The number of benzene rings is 2. The second-order valence-electron chi connectivity index (χ2n) is 5.47. The van der Waals surface area contributed by atoms with E-state index in [0.29, 0.717) is 22.6 Å². The minimum absolute atomic E-state index is 0.0346. The highest BCUT2D eigenvalue weighted by Crippen LogP contribution is 2.36. The number of nitrogens with zero attached hydrogens (tertiary/aromatic N) is 1. The van der Waals surface area contributed by atoms with Gasteiger partial charge in [-0.05, 0) is 41.1 Å². The van der Waals surface area contributed by atoms with Crippen molar-refractivity contribution in [3.8, 4) is 11.5 Å². The van der Waals surface area contributed by atoms with Gasteiger partial charge in [-0.15, -0.1) is 0 Å². The summed E-state index contributed by atoms with van der Waals surface area (Å²) >= 11 is 9.22. The molecule has 0 saturated heterocycles. The summed E-state index contributed by atoms with van der Waals surface area (Å²) in [6.07, 6.45) is 0. The number of nitro groups is 1. The molecule has 0 aromatic heterocycles. The first kappa shape index (κ1) is 22.4. The molecule has 0 aliphatic carbocycles. The summed E-state index contributed by atoms with van der Waals surface area (Å²) in [4.78, 5) is 34.5. The normalized spacial score (nSPS) is 10.2. The average molecular weight is 488 g/mol. The first-order valence-corrected chi connectivity index (χ1v) is 9.35. The molecule has 1 amide bonds. The molecule has 0 heterocycles. The maximum absolute atomic E-state index is 12.3. The van der Waals surface area contributed by atoms with Crippen LogP contribution >= 0.6 is 27.5 Å². The van der Waals surface area contributed by atoms with Gasteiger partial charge in [0.2, 0.25) is 0 Å². The maximum Gasteiger partial charge on any atom is 0.338 e. The number of rotatable bonds is 8. The van der Waals surface area contributed by atoms with Gasteiger partial charge in [-0.25, -0.2) is 4.79 Å². The van der Waals surface area contributed by atoms with Crippen molar-refractivity contribution in [2.24, 2.45) is 0 Å². The lowest BCUT2D eigenvalue weighted by Gasteiger charge is -2.13. The lowest BCUT2D eigenvalue weighted by Crippen LogP contribution is -2.21. The predicted molar refractivity (Wildman–Crippen MR) is 109 cm³/mol. The van der Waals surface area contributed by atoms with E-state index in [4.69, 9.17) is 25.8 Å². The second kappa shape index (κ2) is 10.1. The molecule has 2 rings (SSSR count). The first-order chi connectivity index (χ1) is 13.8. The van der Waals surface area contributed by atoms with Gasteiger partial charge in [0.05, 0.1) is 39.4 Å². The molecule has 0 unspecified atom stereocenters. The summed E-state index contributed by atoms with van der Waals surface area (Å²) in [5, 5.41) is 13.3. The Morgan fingerprint density at radius 2 is 2.00 bits per heavy atom. The zero-order chi connectivity index (χ0) is 21.6. The van der Waals surface area contributed by atoms with E-state index >= 15 is 0 Å². The number of anilines is 1. The van der Waals surface area contributed by atoms with Crippen LogP contribution in [0.1, 0.15) is 17.3 Å². The molecular formula is C18H16BrClN2O7. The number of esters is 1. The Morgan fingerprint density at radius 1 is 1.28 bits per heavy atom. The van der Waals surface area contributed by atoms with E-state index in [2.05, 4.69) is 21.2 Å². The highest BCUT2D eigenvalue weighted by molar-refractivity contribution is 9.10. The highest BCUT2D eigenvalue weighted by atomic mass is 79.9. The number of carbonyl (C=O) groups is 2. The smallest absolute Gasteiger partial charge is 0.338 e. The summed E-state index contributed by atoms with van der Waals surface area (Å²) in [7, 11) is 1.43. The van der Waals surface area contributed by atoms with Gasteiger partial charge >= 0.3 is 5.97 Å². The Hall–Kier alpha value is -2.85. The summed E-state index contributed by atoms with van der Waals surface area (Å²) in [6.45, 7) is 1.59. The van der Waals surface area contributed by atoms with E-state index in [1.807, 2.05) is 0 Å². The van der Waals surface area contributed by atoms with Crippen LogP contribution in [0.4, 0.5) is 11.4 Å². The molecule has 0 saturated carbocycles. The monoisotopic (exact) mass is 486 g/mol. The van der Waals surface area contributed by atoms with Crippen LogP contribution in [-0.4, -0.2) is 37.1 Å². The average Bonchev–Trinajstić information content (AvgIpc) is 2.69. The van der Waals surface area contributed by atoms with Crippen LogP contribution in [0.25, 0.3) is 0 Å². The van der Waals surface area contributed by atoms with Gasteiger partial charge in [0.15, 0.2) is 18.1 Å². The van der Waals surface area contributed by atoms with Gasteiger partial charge in [0.25, 0.3) is 11.6 Å². The van der Waals surface area contributed by atoms with Crippen molar-refractivity contribution in [2.75, 3.05) is 25.6 Å². The number of methoxy groups -OCH3 is 1. The molecule has 9 nitrogen and oxygen atoms in total. The SMILES string of the molecule is CCOc1c(Br)cc(C(=O)OCC(=O)Nc2cc([N+](=O)[O-])ccc2Cl)cc1OC. The molecule has 29 heavy (non-hydrogen) atoms. The van der Waals surface area contributed by atoms with Gasteiger partial charge in [-0.2, -0.15) is 0 Å². The molecule has 1 N–H and O–H groups in total. The number of nitro benzene ring substituents is 1. The fourth-order valence-electron chi connectivity index (χ4n) is 2.25. The van der Waals surface area contributed by atoms with Gasteiger partial charge in [-0.3, -0.25) is 14.9 Å². The van der Waals surface area contributed by atoms with Crippen LogP contribution in [-0.2, 0) is 9.53 Å². The van der Waals surface area contributed by atoms with E-state index in [0.717, 1.165) is 6.07 Å². The number of carbonyl (C=O) groups excluding carboxylic acids is 2. The van der Waals surface area contributed by atoms with Crippen molar-refractivity contribution >= 4 is 50.8 Å². The summed E-state index contributed by atoms with van der Waals surface area (Å²) in [6, 6.07) is 6.50. The topological polar surface area (TPSA) is 117 Å². The van der Waals surface area contributed by atoms with Crippen molar-refractivity contribution in [1.82, 2.24) is 0 Å². The molecular weight excluding hydrogens is 472 g/mol. The number of halogens is 2. The molecule has 11 heteroatoms. The zero-order valence-corrected chi connectivity index (χ0v) is 17.7. The number of hydrogen-bond acceptors (Lipinski definition) is 7. The minimum atomic E-state index is -0.771. The van der Waals surface area contributed by atoms with E-state index in [1.54, 1.807) is 6.92 Å². The molecule has 0 atom stereocenters. The van der Waals surface area contributed by atoms with Crippen molar-refractivity contribution in [3.63, 3.8) is 0 Å². The predicted octanol–water partition coefficient (Wildman–Crippen LogP) is 4.21. The van der Waals surface area contributed by atoms with Gasteiger partial charge in [0.1, 0.15) is 0 Å². The fourth-order valence-corrected chi connectivity index (χ4v) is 2.97. The number of ether oxygens (including phenoxy) is 3. The molecule has 0 aliphatic rings. The van der Waals surface area contributed by atoms with Crippen LogP contribution < -0.4 is 14.8 Å². The molecule has 0 bridgehead atoms. The minimum Gasteiger partial charge on any atom is -0.493 e. The van der Waals surface area contributed by atoms with Gasteiger partial charge in [-0.1, -0.05) is 11.6 Å². The molecule has 0 fully saturated rings. The Kier molecular flexibility index (Phi) is 7.80. The number of amides is 1. The van der Waals surface area contributed by atoms with Gasteiger partial charge < -0.3 is 19.5 Å². The van der Waals surface area contributed by atoms with Gasteiger partial charge in [0, 0.05) is 12.1 Å². The third kappa shape index (κ3) is 5.81. The quantitative estimate of drug-likeness (QED) is 0.337. The van der Waals surface area contributed by atoms with E-state index in [-0.39, 0.29) is 22.0 Å². The molecule has 154 valence electrons. The van der Waals surface area contributed by atoms with E-state index < -0.39 is 23.4 Å². The van der Waals surface area contributed by atoms with Crippen molar-refractivity contribution in [2.45, 2.75) is 6.92 Å². The Bertz CT molecular complexity index is 952. The van der Waals surface area contributed by atoms with Crippen LogP contribution in [0.5, 0.6) is 11.5 Å². The number of hydrogen-bond donors (Lipinski definition) is 1. The standard InChI is InChI=1S/C18H16BrClN2O7/c1-3-28-17-12(19)6-10(7-15(17)27-2)18(24)29-9-16(23)21-14-8-11(22(25)26)4-5-13(14)20/h4-8H,3,9H2,1-2H3,(H,21,23). The van der Waals surface area contributed by atoms with Crippen LogP contribution in [0.3, 0.4) is 0 Å². The van der Waals surface area contributed by atoms with Crippen molar-refractivity contribution in [1.29, 1.82) is 0 Å². The Balaban J connectivity index is 2.06. The van der Waals surface area contributed by atoms with Crippen LogP contribution in [0.15, 0.2) is 34.8 Å². The maximum atomic E-state index is 12.3. The van der Waals surface area contributed by atoms with Crippen molar-refractivity contribution < 1.29 is 28.7 Å². The third-order valence-corrected chi connectivity index (χ3v) is 4.44. The summed E-state index contributed by atoms with van der Waals surface area (Å²) in [5.74, 6) is -0.726. The Morgan fingerprint density at radius 3 is 2.62 bits per heavy atom. The molecule has 2 aromatic rings. The largest absolute Gasteiger partial charge is 0.493 e. The highest BCUT2D eigenvalue weighted by Gasteiger charge is 2.18. The lowest BCUT2D eigenvalue weighted by atomic mass is 10.2. The second-order valence-corrected chi connectivity index (χ2v) is 6.73. The summed E-state index contributed by atoms with van der Waals surface area (Å²) < 4.78 is 16.1.